The van der Waals surface area contributed by atoms with E-state index in [-0.39, 0.29) is 11.3 Å². The number of carboxylic acids is 1. The van der Waals surface area contributed by atoms with Crippen molar-refractivity contribution in [2.24, 2.45) is 5.10 Å². The highest BCUT2D eigenvalue weighted by Gasteiger charge is 2.35. The molecule has 7 heteroatoms. The lowest BCUT2D eigenvalue weighted by Gasteiger charge is -2.31. The summed E-state index contributed by atoms with van der Waals surface area (Å²) in [6.45, 7) is 3.77. The number of carbonyl (C=O) groups is 2. The van der Waals surface area contributed by atoms with Gasteiger partial charge in [0, 0.05) is 17.9 Å². The van der Waals surface area contributed by atoms with E-state index >= 15 is 0 Å². The summed E-state index contributed by atoms with van der Waals surface area (Å²) in [5.41, 5.74) is 4.48. The third-order valence-electron chi connectivity index (χ3n) is 6.53. The molecule has 0 bridgehead atoms. The van der Waals surface area contributed by atoms with Crippen LogP contribution in [0.5, 0.6) is 5.75 Å². The first-order valence-electron chi connectivity index (χ1n) is 12.6. The van der Waals surface area contributed by atoms with Gasteiger partial charge in [-0.05, 0) is 85.0 Å². The van der Waals surface area contributed by atoms with Gasteiger partial charge in [-0.2, -0.15) is 10.1 Å². The number of nitrogens with zero attached hydrogens (tertiary/aromatic N) is 3. The van der Waals surface area contributed by atoms with Gasteiger partial charge in [0.25, 0.3) is 5.91 Å². The van der Waals surface area contributed by atoms with Crippen LogP contribution in [0, 0.1) is 0 Å². The average Bonchev–Trinajstić information content (AvgIpc) is 3.25. The van der Waals surface area contributed by atoms with E-state index < -0.39 is 11.9 Å². The number of carbonyl (C=O) groups excluding carboxylic acids is 1. The number of carboxylic acid groups (broad SMARTS) is 1. The molecule has 0 radical (unpaired) electrons. The van der Waals surface area contributed by atoms with Crippen LogP contribution in [0.3, 0.4) is 0 Å². The van der Waals surface area contributed by atoms with Crippen molar-refractivity contribution in [3.05, 3.63) is 89.5 Å². The molecule has 3 aromatic carbocycles. The first-order valence-corrected chi connectivity index (χ1v) is 12.6. The topological polar surface area (TPSA) is 82.4 Å². The summed E-state index contributed by atoms with van der Waals surface area (Å²) in [5.74, 6) is -0.813. The standard InChI is InChI=1S/C30H29N3O4/c1-2-3-18-37-25-14-12-23(13-15-25)32-17-7-8-22-19-21(11-16-27(22)32)20-26-28(30(35)36)31-33(29(26)34)24-9-5-4-6-10-24/h4-6,9-16,19-20H,2-3,7-8,17-18H2,1H3,(H,35,36)/b26-20-. The zero-order chi connectivity index (χ0) is 25.8. The van der Waals surface area contributed by atoms with Gasteiger partial charge in [0.05, 0.1) is 17.9 Å². The number of fused-ring (bicyclic) bond motifs is 1. The third-order valence-corrected chi connectivity index (χ3v) is 6.53. The summed E-state index contributed by atoms with van der Waals surface area (Å²) in [5, 5.41) is 15.0. The predicted molar refractivity (Wildman–Crippen MR) is 146 cm³/mol. The van der Waals surface area contributed by atoms with E-state index in [0.717, 1.165) is 72.1 Å². The molecule has 0 saturated heterocycles. The number of para-hydroxylation sites is 1. The highest BCUT2D eigenvalue weighted by atomic mass is 16.5. The summed E-state index contributed by atoms with van der Waals surface area (Å²) >= 11 is 0. The van der Waals surface area contributed by atoms with Gasteiger partial charge in [0.15, 0.2) is 5.71 Å². The fraction of sp³-hybridized carbons (Fsp3) is 0.233. The van der Waals surface area contributed by atoms with Crippen molar-refractivity contribution in [2.45, 2.75) is 32.6 Å². The van der Waals surface area contributed by atoms with E-state index in [2.05, 4.69) is 29.1 Å². The van der Waals surface area contributed by atoms with Crippen molar-refractivity contribution in [3.63, 3.8) is 0 Å². The third kappa shape index (κ3) is 5.11. The summed E-state index contributed by atoms with van der Waals surface area (Å²) in [6, 6.07) is 23.0. The number of benzene rings is 3. The maximum Gasteiger partial charge on any atom is 0.357 e. The number of hydrogen-bond acceptors (Lipinski definition) is 5. The molecular formula is C30H29N3O4. The molecule has 3 aromatic rings. The number of hydrogen-bond donors (Lipinski definition) is 1. The highest BCUT2D eigenvalue weighted by Crippen LogP contribution is 2.35. The molecule has 2 aliphatic rings. The van der Waals surface area contributed by atoms with E-state index in [9.17, 15) is 14.7 Å². The van der Waals surface area contributed by atoms with Crippen LogP contribution in [0.1, 0.15) is 37.3 Å². The van der Waals surface area contributed by atoms with Gasteiger partial charge in [0.1, 0.15) is 5.75 Å². The van der Waals surface area contributed by atoms with E-state index in [1.54, 1.807) is 30.3 Å². The molecular weight excluding hydrogens is 466 g/mol. The second-order valence-electron chi connectivity index (χ2n) is 9.10. The minimum atomic E-state index is -1.23. The molecule has 0 aromatic heterocycles. The van der Waals surface area contributed by atoms with Crippen LogP contribution in [-0.4, -0.2) is 35.8 Å². The van der Waals surface area contributed by atoms with Gasteiger partial charge in [-0.3, -0.25) is 4.79 Å². The van der Waals surface area contributed by atoms with Crippen molar-refractivity contribution in [2.75, 3.05) is 23.1 Å². The first-order chi connectivity index (χ1) is 18.0. The molecule has 0 fully saturated rings. The highest BCUT2D eigenvalue weighted by molar-refractivity contribution is 6.53. The quantitative estimate of drug-likeness (QED) is 0.315. The lowest BCUT2D eigenvalue weighted by Crippen LogP contribution is -2.24. The summed E-state index contributed by atoms with van der Waals surface area (Å²) in [4.78, 5) is 27.3. The van der Waals surface area contributed by atoms with E-state index in [4.69, 9.17) is 4.74 Å². The Hall–Kier alpha value is -4.39. The zero-order valence-electron chi connectivity index (χ0n) is 20.8. The Kier molecular flexibility index (Phi) is 7.03. The fourth-order valence-corrected chi connectivity index (χ4v) is 4.65. The minimum absolute atomic E-state index is 0.0719. The second-order valence-corrected chi connectivity index (χ2v) is 9.10. The monoisotopic (exact) mass is 495 g/mol. The summed E-state index contributed by atoms with van der Waals surface area (Å²) in [6.07, 6.45) is 5.66. The van der Waals surface area contributed by atoms with E-state index in [0.29, 0.717) is 5.69 Å². The molecule has 0 atom stereocenters. The Morgan fingerprint density at radius 3 is 2.57 bits per heavy atom. The van der Waals surface area contributed by atoms with Crippen LogP contribution in [0.25, 0.3) is 6.08 Å². The van der Waals surface area contributed by atoms with Crippen molar-refractivity contribution < 1.29 is 19.4 Å². The van der Waals surface area contributed by atoms with Crippen molar-refractivity contribution in [1.29, 1.82) is 0 Å². The summed E-state index contributed by atoms with van der Waals surface area (Å²) in [7, 11) is 0. The molecule has 2 aliphatic heterocycles. The zero-order valence-corrected chi connectivity index (χ0v) is 20.8. The smallest absolute Gasteiger partial charge is 0.357 e. The van der Waals surface area contributed by atoms with Crippen molar-refractivity contribution in [1.82, 2.24) is 0 Å². The van der Waals surface area contributed by atoms with Gasteiger partial charge in [-0.1, -0.05) is 37.6 Å². The molecule has 1 N–H and O–H groups in total. The second kappa shape index (κ2) is 10.7. The number of hydrazone groups is 1. The Labute approximate surface area is 216 Å². The number of aliphatic carboxylic acids is 1. The van der Waals surface area contributed by atoms with Crippen LogP contribution >= 0.6 is 0 Å². The number of ether oxygens (including phenoxy) is 1. The van der Waals surface area contributed by atoms with Crippen molar-refractivity contribution >= 4 is 40.7 Å². The van der Waals surface area contributed by atoms with Gasteiger partial charge in [-0.25, -0.2) is 4.79 Å². The molecule has 0 aliphatic carbocycles. The van der Waals surface area contributed by atoms with Crippen molar-refractivity contribution in [3.8, 4) is 5.75 Å². The maximum atomic E-state index is 13.1. The Morgan fingerprint density at radius 1 is 1.05 bits per heavy atom. The molecule has 0 saturated carbocycles. The number of amides is 1. The Balaban J connectivity index is 1.40. The lowest BCUT2D eigenvalue weighted by atomic mass is 9.97. The first kappa shape index (κ1) is 24.3. The maximum absolute atomic E-state index is 13.1. The Morgan fingerprint density at radius 2 is 1.84 bits per heavy atom. The van der Waals surface area contributed by atoms with Crippen LogP contribution < -0.4 is 14.6 Å². The average molecular weight is 496 g/mol. The molecule has 0 spiro atoms. The minimum Gasteiger partial charge on any atom is -0.494 e. The molecule has 188 valence electrons. The SMILES string of the molecule is CCCCOc1ccc(N2CCCc3cc(/C=C4\C(=O)N(c5ccccc5)N=C4C(=O)O)ccc32)cc1. The van der Waals surface area contributed by atoms with Gasteiger partial charge in [-0.15, -0.1) is 0 Å². The molecule has 5 rings (SSSR count). The Bertz CT molecular complexity index is 1360. The number of anilines is 3. The van der Waals surface area contributed by atoms with Gasteiger partial charge < -0.3 is 14.7 Å². The van der Waals surface area contributed by atoms with Crippen LogP contribution in [0.4, 0.5) is 17.1 Å². The molecule has 2 heterocycles. The molecule has 7 nitrogen and oxygen atoms in total. The number of aryl methyl sites for hydroxylation is 1. The number of rotatable bonds is 8. The lowest BCUT2D eigenvalue weighted by molar-refractivity contribution is -0.129. The van der Waals surface area contributed by atoms with Gasteiger partial charge >= 0.3 is 5.97 Å². The molecule has 0 unspecified atom stereocenters. The molecule has 1 amide bonds. The fourth-order valence-electron chi connectivity index (χ4n) is 4.65. The largest absolute Gasteiger partial charge is 0.494 e. The van der Waals surface area contributed by atoms with E-state index in [1.165, 1.54) is 0 Å². The van der Waals surface area contributed by atoms with Crippen LogP contribution in [0.15, 0.2) is 83.5 Å². The molecule has 37 heavy (non-hydrogen) atoms. The van der Waals surface area contributed by atoms with E-state index in [1.807, 2.05) is 36.4 Å². The summed E-state index contributed by atoms with van der Waals surface area (Å²) < 4.78 is 5.80. The van der Waals surface area contributed by atoms with Crippen LogP contribution in [-0.2, 0) is 16.0 Å². The normalized spacial score (nSPS) is 16.1. The van der Waals surface area contributed by atoms with Crippen LogP contribution in [0.2, 0.25) is 0 Å². The predicted octanol–water partition coefficient (Wildman–Crippen LogP) is 5.82. The number of unbranched alkanes of at least 4 members (excludes halogenated alkanes) is 1. The van der Waals surface area contributed by atoms with Gasteiger partial charge in [0.2, 0.25) is 0 Å².